The molecule has 1 saturated carbocycles. The summed E-state index contributed by atoms with van der Waals surface area (Å²) in [7, 11) is -3.25. The summed E-state index contributed by atoms with van der Waals surface area (Å²) in [5.41, 5.74) is 0. The van der Waals surface area contributed by atoms with E-state index in [-0.39, 0.29) is 0 Å². The van der Waals surface area contributed by atoms with Gasteiger partial charge in [-0.25, -0.2) is 0 Å². The van der Waals surface area contributed by atoms with E-state index in [0.717, 1.165) is 31.7 Å². The second-order valence-electron chi connectivity index (χ2n) is 7.80. The molecule has 0 bridgehead atoms. The molecule has 2 saturated heterocycles. The van der Waals surface area contributed by atoms with Crippen LogP contribution in [0.5, 0.6) is 0 Å². The van der Waals surface area contributed by atoms with Crippen molar-refractivity contribution in [2.75, 3.05) is 32.7 Å². The Morgan fingerprint density at radius 2 is 1.55 bits per heavy atom. The van der Waals surface area contributed by atoms with Crippen molar-refractivity contribution in [1.82, 2.24) is 13.9 Å². The van der Waals surface area contributed by atoms with Gasteiger partial charge in [0, 0.05) is 32.2 Å². The first-order chi connectivity index (χ1) is 10.4. The molecule has 0 aromatic heterocycles. The van der Waals surface area contributed by atoms with Crippen molar-refractivity contribution in [3.63, 3.8) is 0 Å². The summed E-state index contributed by atoms with van der Waals surface area (Å²) in [5, 5.41) is 3.61. The van der Waals surface area contributed by atoms with Gasteiger partial charge in [0.25, 0.3) is 10.2 Å². The number of nitrogens with one attached hydrogen (secondary N) is 1. The van der Waals surface area contributed by atoms with Gasteiger partial charge in [0.2, 0.25) is 0 Å². The summed E-state index contributed by atoms with van der Waals surface area (Å²) < 4.78 is 29.1. The molecule has 0 aromatic carbocycles. The van der Waals surface area contributed by atoms with Gasteiger partial charge in [-0.3, -0.25) is 0 Å². The first-order valence-corrected chi connectivity index (χ1v) is 10.3. The van der Waals surface area contributed by atoms with Crippen molar-refractivity contribution in [3.05, 3.63) is 0 Å². The molecule has 5 nitrogen and oxygen atoms in total. The maximum absolute atomic E-state index is 12.8. The molecule has 0 aromatic rings. The van der Waals surface area contributed by atoms with Gasteiger partial charge in [-0.2, -0.15) is 17.0 Å². The molecule has 2 heterocycles. The molecule has 1 aliphatic carbocycles. The summed E-state index contributed by atoms with van der Waals surface area (Å²) in [5.74, 6) is 1.82. The summed E-state index contributed by atoms with van der Waals surface area (Å²) in [6.07, 6.45) is 5.77. The zero-order chi connectivity index (χ0) is 15.7. The summed E-state index contributed by atoms with van der Waals surface area (Å²) >= 11 is 0. The second kappa shape index (κ2) is 6.75. The van der Waals surface area contributed by atoms with E-state index in [9.17, 15) is 8.42 Å². The fourth-order valence-corrected chi connectivity index (χ4v) is 5.79. The van der Waals surface area contributed by atoms with Gasteiger partial charge in [0.05, 0.1) is 0 Å². The third-order valence-electron chi connectivity index (χ3n) is 5.33. The van der Waals surface area contributed by atoms with Gasteiger partial charge in [-0.15, -0.1) is 0 Å². The Morgan fingerprint density at radius 3 is 2.09 bits per heavy atom. The van der Waals surface area contributed by atoms with Crippen LogP contribution in [-0.2, 0) is 10.2 Å². The molecule has 0 radical (unpaired) electrons. The minimum absolute atomic E-state index is 0.469. The predicted octanol–water partition coefficient (Wildman–Crippen LogP) is 1.67. The van der Waals surface area contributed by atoms with Gasteiger partial charge in [-0.05, 0) is 56.4 Å². The Morgan fingerprint density at radius 1 is 0.955 bits per heavy atom. The topological polar surface area (TPSA) is 52.7 Å². The van der Waals surface area contributed by atoms with Crippen molar-refractivity contribution < 1.29 is 8.42 Å². The molecule has 6 heteroatoms. The third-order valence-corrected chi connectivity index (χ3v) is 7.30. The molecular weight excluding hydrogens is 298 g/mol. The van der Waals surface area contributed by atoms with Gasteiger partial charge < -0.3 is 5.32 Å². The van der Waals surface area contributed by atoms with Crippen LogP contribution in [0.15, 0.2) is 0 Å². The Labute approximate surface area is 135 Å². The average Bonchev–Trinajstić information content (AvgIpc) is 3.29. The van der Waals surface area contributed by atoms with Crippen molar-refractivity contribution in [2.24, 2.45) is 17.8 Å². The molecule has 0 spiro atoms. The Balaban J connectivity index is 1.52. The van der Waals surface area contributed by atoms with Gasteiger partial charge in [0.1, 0.15) is 0 Å². The van der Waals surface area contributed by atoms with Crippen LogP contribution in [-0.4, -0.2) is 55.8 Å². The maximum Gasteiger partial charge on any atom is 0.281 e. The Hall–Kier alpha value is -0.170. The van der Waals surface area contributed by atoms with E-state index >= 15 is 0 Å². The van der Waals surface area contributed by atoms with Crippen LogP contribution in [0, 0.1) is 17.8 Å². The molecule has 3 rings (SSSR count). The molecule has 128 valence electrons. The van der Waals surface area contributed by atoms with E-state index in [1.807, 2.05) is 0 Å². The van der Waals surface area contributed by atoms with E-state index in [4.69, 9.17) is 0 Å². The highest BCUT2D eigenvalue weighted by atomic mass is 32.2. The van der Waals surface area contributed by atoms with Crippen LogP contribution in [0.3, 0.4) is 0 Å². The van der Waals surface area contributed by atoms with Crippen molar-refractivity contribution in [3.8, 4) is 0 Å². The molecular formula is C16H31N3O2S. The largest absolute Gasteiger partial charge is 0.314 e. The lowest BCUT2D eigenvalue weighted by molar-refractivity contribution is 0.199. The molecule has 0 amide bonds. The monoisotopic (exact) mass is 329 g/mol. The molecule has 22 heavy (non-hydrogen) atoms. The first-order valence-electron chi connectivity index (χ1n) is 8.93. The predicted molar refractivity (Wildman–Crippen MR) is 88.8 cm³/mol. The van der Waals surface area contributed by atoms with E-state index in [1.165, 1.54) is 12.8 Å². The first kappa shape index (κ1) is 16.7. The Bertz CT molecular complexity index is 460. The van der Waals surface area contributed by atoms with Crippen LogP contribution < -0.4 is 5.32 Å². The number of piperidine rings is 2. The third kappa shape index (κ3) is 4.02. The van der Waals surface area contributed by atoms with Crippen LogP contribution in [0.25, 0.3) is 0 Å². The highest BCUT2D eigenvalue weighted by molar-refractivity contribution is 7.86. The zero-order valence-electron chi connectivity index (χ0n) is 14.0. The van der Waals surface area contributed by atoms with E-state index in [0.29, 0.717) is 44.1 Å². The van der Waals surface area contributed by atoms with Crippen molar-refractivity contribution in [2.45, 2.75) is 52.0 Å². The minimum Gasteiger partial charge on any atom is -0.314 e. The fraction of sp³-hybridized carbons (Fsp3) is 1.00. The minimum atomic E-state index is -3.25. The SMILES string of the molecule is CC1CC(C)CN(S(=O)(=O)N2CCC(NCC3CC3)CC2)C1. The van der Waals surface area contributed by atoms with E-state index in [1.54, 1.807) is 8.61 Å². The average molecular weight is 330 g/mol. The van der Waals surface area contributed by atoms with Crippen LogP contribution in [0.4, 0.5) is 0 Å². The molecule has 3 fully saturated rings. The number of rotatable bonds is 5. The van der Waals surface area contributed by atoms with E-state index in [2.05, 4.69) is 19.2 Å². The van der Waals surface area contributed by atoms with Gasteiger partial charge in [0.15, 0.2) is 0 Å². The molecule has 2 atom stereocenters. The standard InChI is InChI=1S/C16H31N3O2S/c1-13-9-14(2)12-19(11-13)22(20,21)18-7-5-16(6-8-18)17-10-15-3-4-15/h13-17H,3-12H2,1-2H3. The number of hydrogen-bond acceptors (Lipinski definition) is 3. The molecule has 3 aliphatic rings. The normalized spacial score (nSPS) is 33.2. The van der Waals surface area contributed by atoms with Gasteiger partial charge >= 0.3 is 0 Å². The lowest BCUT2D eigenvalue weighted by atomic mass is 9.94. The van der Waals surface area contributed by atoms with Crippen molar-refractivity contribution >= 4 is 10.2 Å². The lowest BCUT2D eigenvalue weighted by Gasteiger charge is -2.39. The fourth-order valence-electron chi connectivity index (χ4n) is 3.90. The second-order valence-corrected chi connectivity index (χ2v) is 9.72. The van der Waals surface area contributed by atoms with Crippen LogP contribution in [0.1, 0.15) is 46.0 Å². The molecule has 2 aliphatic heterocycles. The zero-order valence-corrected chi connectivity index (χ0v) is 14.8. The summed E-state index contributed by atoms with van der Waals surface area (Å²) in [4.78, 5) is 0. The van der Waals surface area contributed by atoms with Crippen molar-refractivity contribution in [1.29, 1.82) is 0 Å². The summed E-state index contributed by atoms with van der Waals surface area (Å²) in [6, 6.07) is 0.506. The van der Waals surface area contributed by atoms with Gasteiger partial charge in [-0.1, -0.05) is 13.8 Å². The molecule has 1 N–H and O–H groups in total. The Kier molecular flexibility index (Phi) is 5.12. The molecule has 2 unspecified atom stereocenters. The van der Waals surface area contributed by atoms with E-state index < -0.39 is 10.2 Å². The smallest absolute Gasteiger partial charge is 0.281 e. The highest BCUT2D eigenvalue weighted by Gasteiger charge is 2.36. The van der Waals surface area contributed by atoms with Crippen LogP contribution >= 0.6 is 0 Å². The maximum atomic E-state index is 12.8. The number of hydrogen-bond donors (Lipinski definition) is 1. The van der Waals surface area contributed by atoms with Crippen LogP contribution in [0.2, 0.25) is 0 Å². The lowest BCUT2D eigenvalue weighted by Crippen LogP contribution is -2.53. The summed E-state index contributed by atoms with van der Waals surface area (Å²) in [6.45, 7) is 8.16. The number of nitrogens with zero attached hydrogens (tertiary/aromatic N) is 2. The quantitative estimate of drug-likeness (QED) is 0.835. The highest BCUT2D eigenvalue weighted by Crippen LogP contribution is 2.29.